The Labute approximate surface area is 167 Å². The van der Waals surface area contributed by atoms with Crippen molar-refractivity contribution < 1.29 is 14.7 Å². The van der Waals surface area contributed by atoms with E-state index in [1.807, 2.05) is 6.92 Å². The van der Waals surface area contributed by atoms with Crippen LogP contribution in [-0.2, 0) is 4.79 Å². The number of likely N-dealkylation sites (tertiary alicyclic amines) is 1. The number of aliphatic hydroxyl groups is 1. The van der Waals surface area contributed by atoms with Gasteiger partial charge in [0.2, 0.25) is 5.91 Å². The standard InChI is InChI=1S/C22H31N3O3/c1-3-12-23-22(28)25-19(13-24-15(2)27)21(20(25)14-26)18-10-8-17(9-11-18)16-6-4-5-7-16/h6,8-11,19-21,26H,3-5,7,12-14H2,1-2H3,(H,23,28)(H,24,27)/t19-,20-,21-/m0/s1. The molecule has 1 aromatic rings. The van der Waals surface area contributed by atoms with Gasteiger partial charge in [-0.05, 0) is 42.4 Å². The first-order valence-corrected chi connectivity index (χ1v) is 10.3. The number of nitrogens with one attached hydrogen (secondary N) is 2. The second-order valence-corrected chi connectivity index (χ2v) is 7.66. The Bertz CT molecular complexity index is 729. The third kappa shape index (κ3) is 4.22. The van der Waals surface area contributed by atoms with Crippen molar-refractivity contribution in [2.75, 3.05) is 19.7 Å². The molecule has 3 amide bonds. The molecule has 1 heterocycles. The maximum absolute atomic E-state index is 12.6. The van der Waals surface area contributed by atoms with E-state index in [0.717, 1.165) is 24.8 Å². The van der Waals surface area contributed by atoms with Crippen LogP contribution in [0.1, 0.15) is 56.6 Å². The van der Waals surface area contributed by atoms with Gasteiger partial charge in [-0.1, -0.05) is 37.3 Å². The number of nitrogens with zero attached hydrogens (tertiary/aromatic N) is 1. The first kappa shape index (κ1) is 20.4. The number of urea groups is 1. The molecule has 3 rings (SSSR count). The van der Waals surface area contributed by atoms with Crippen LogP contribution in [0.15, 0.2) is 30.3 Å². The molecule has 152 valence electrons. The average Bonchev–Trinajstić information content (AvgIpc) is 3.21. The van der Waals surface area contributed by atoms with Gasteiger partial charge in [0.1, 0.15) is 0 Å². The van der Waals surface area contributed by atoms with E-state index < -0.39 is 0 Å². The number of carbonyl (C=O) groups is 2. The predicted octanol–water partition coefficient (Wildman–Crippen LogP) is 2.64. The molecule has 0 saturated carbocycles. The first-order valence-electron chi connectivity index (χ1n) is 10.3. The summed E-state index contributed by atoms with van der Waals surface area (Å²) in [6.07, 6.45) is 6.63. The summed E-state index contributed by atoms with van der Waals surface area (Å²) in [5, 5.41) is 15.7. The lowest BCUT2D eigenvalue weighted by atomic mass is 9.75. The lowest BCUT2D eigenvalue weighted by molar-refractivity contribution is -0.119. The third-order valence-electron chi connectivity index (χ3n) is 5.76. The zero-order valence-corrected chi connectivity index (χ0v) is 16.8. The molecule has 1 aliphatic carbocycles. The molecule has 2 aliphatic rings. The number of hydrogen-bond acceptors (Lipinski definition) is 3. The monoisotopic (exact) mass is 385 g/mol. The quantitative estimate of drug-likeness (QED) is 0.675. The highest BCUT2D eigenvalue weighted by molar-refractivity contribution is 5.77. The van der Waals surface area contributed by atoms with Gasteiger partial charge in [-0.2, -0.15) is 0 Å². The van der Waals surface area contributed by atoms with Gasteiger partial charge in [0, 0.05) is 25.9 Å². The second-order valence-electron chi connectivity index (χ2n) is 7.66. The molecule has 0 radical (unpaired) electrons. The Kier molecular flexibility index (Phi) is 6.73. The summed E-state index contributed by atoms with van der Waals surface area (Å²) in [4.78, 5) is 25.7. The van der Waals surface area contributed by atoms with Crippen molar-refractivity contribution in [3.05, 3.63) is 41.5 Å². The molecule has 6 heteroatoms. The number of hydrogen-bond donors (Lipinski definition) is 3. The molecule has 28 heavy (non-hydrogen) atoms. The van der Waals surface area contributed by atoms with Crippen molar-refractivity contribution in [3.8, 4) is 0 Å². The van der Waals surface area contributed by atoms with E-state index >= 15 is 0 Å². The smallest absolute Gasteiger partial charge is 0.318 e. The Hall–Kier alpha value is -2.34. The minimum absolute atomic E-state index is 0.00386. The van der Waals surface area contributed by atoms with E-state index in [9.17, 15) is 14.7 Å². The molecule has 3 atom stereocenters. The molecule has 1 fully saturated rings. The van der Waals surface area contributed by atoms with E-state index in [1.165, 1.54) is 24.5 Å². The van der Waals surface area contributed by atoms with Crippen molar-refractivity contribution in [1.29, 1.82) is 0 Å². The second kappa shape index (κ2) is 9.24. The van der Waals surface area contributed by atoms with Gasteiger partial charge >= 0.3 is 6.03 Å². The van der Waals surface area contributed by atoms with E-state index in [4.69, 9.17) is 0 Å². The Morgan fingerprint density at radius 3 is 2.50 bits per heavy atom. The van der Waals surface area contributed by atoms with Crippen LogP contribution in [0.3, 0.4) is 0 Å². The molecular formula is C22H31N3O3. The Balaban J connectivity index is 1.79. The van der Waals surface area contributed by atoms with Crippen LogP contribution in [0.2, 0.25) is 0 Å². The largest absolute Gasteiger partial charge is 0.394 e. The highest BCUT2D eigenvalue weighted by Crippen LogP contribution is 2.41. The van der Waals surface area contributed by atoms with Crippen LogP contribution < -0.4 is 10.6 Å². The zero-order valence-electron chi connectivity index (χ0n) is 16.8. The number of carbonyl (C=O) groups excluding carboxylic acids is 2. The first-order chi connectivity index (χ1) is 13.6. The highest BCUT2D eigenvalue weighted by atomic mass is 16.3. The Morgan fingerprint density at radius 1 is 1.18 bits per heavy atom. The molecule has 1 saturated heterocycles. The lowest BCUT2D eigenvalue weighted by Gasteiger charge is -2.54. The van der Waals surface area contributed by atoms with Gasteiger partial charge in [-0.25, -0.2) is 4.79 Å². The highest BCUT2D eigenvalue weighted by Gasteiger charge is 2.51. The van der Waals surface area contributed by atoms with Gasteiger partial charge in [-0.3, -0.25) is 4.79 Å². The summed E-state index contributed by atoms with van der Waals surface area (Å²) >= 11 is 0. The molecule has 0 bridgehead atoms. The fraction of sp³-hybridized carbons (Fsp3) is 0.545. The fourth-order valence-corrected chi connectivity index (χ4v) is 4.34. The minimum atomic E-state index is -0.285. The predicted molar refractivity (Wildman–Crippen MR) is 110 cm³/mol. The number of rotatable bonds is 7. The van der Waals surface area contributed by atoms with E-state index in [1.54, 1.807) is 4.90 Å². The molecule has 1 aliphatic heterocycles. The average molecular weight is 386 g/mol. The SMILES string of the molecule is CCCNC(=O)N1[C@@H](CO)[C@@H](c2ccc(C3=CCCC3)cc2)[C@@H]1CNC(C)=O. The summed E-state index contributed by atoms with van der Waals surface area (Å²) < 4.78 is 0. The van der Waals surface area contributed by atoms with Gasteiger partial charge in [0.05, 0.1) is 18.7 Å². The molecule has 0 spiro atoms. The van der Waals surface area contributed by atoms with Gasteiger partial charge in [0.25, 0.3) is 0 Å². The molecule has 0 unspecified atom stereocenters. The molecule has 3 N–H and O–H groups in total. The van der Waals surface area contributed by atoms with Crippen LogP contribution in [0, 0.1) is 0 Å². The van der Waals surface area contributed by atoms with Crippen LogP contribution in [-0.4, -0.2) is 53.7 Å². The summed E-state index contributed by atoms with van der Waals surface area (Å²) in [5.74, 6) is -0.125. The van der Waals surface area contributed by atoms with Crippen molar-refractivity contribution in [2.45, 2.75) is 57.5 Å². The van der Waals surface area contributed by atoms with Crippen LogP contribution in [0.4, 0.5) is 4.79 Å². The maximum atomic E-state index is 12.6. The van der Waals surface area contributed by atoms with Crippen LogP contribution >= 0.6 is 0 Å². The normalized spacial score (nSPS) is 23.8. The minimum Gasteiger partial charge on any atom is -0.394 e. The van der Waals surface area contributed by atoms with E-state index in [-0.39, 0.29) is 36.5 Å². The van der Waals surface area contributed by atoms with Crippen molar-refractivity contribution in [2.24, 2.45) is 0 Å². The van der Waals surface area contributed by atoms with Gasteiger partial charge in [0.15, 0.2) is 0 Å². The summed E-state index contributed by atoms with van der Waals surface area (Å²) in [5.41, 5.74) is 3.74. The molecule has 1 aromatic carbocycles. The number of aliphatic hydroxyl groups excluding tert-OH is 1. The van der Waals surface area contributed by atoms with Crippen LogP contribution in [0.25, 0.3) is 5.57 Å². The van der Waals surface area contributed by atoms with Gasteiger partial charge < -0.3 is 20.6 Å². The topological polar surface area (TPSA) is 81.7 Å². The summed E-state index contributed by atoms with van der Waals surface area (Å²) in [7, 11) is 0. The number of amides is 3. The van der Waals surface area contributed by atoms with Gasteiger partial charge in [-0.15, -0.1) is 0 Å². The maximum Gasteiger partial charge on any atom is 0.318 e. The molecular weight excluding hydrogens is 354 g/mol. The summed E-state index contributed by atoms with van der Waals surface area (Å²) in [6.45, 7) is 4.34. The van der Waals surface area contributed by atoms with Crippen molar-refractivity contribution >= 4 is 17.5 Å². The number of allylic oxidation sites excluding steroid dienone is 2. The van der Waals surface area contributed by atoms with E-state index in [0.29, 0.717) is 13.1 Å². The van der Waals surface area contributed by atoms with Crippen molar-refractivity contribution in [3.63, 3.8) is 0 Å². The number of benzene rings is 1. The molecule has 6 nitrogen and oxygen atoms in total. The fourth-order valence-electron chi connectivity index (χ4n) is 4.34. The van der Waals surface area contributed by atoms with Crippen molar-refractivity contribution in [1.82, 2.24) is 15.5 Å². The summed E-state index contributed by atoms with van der Waals surface area (Å²) in [6, 6.07) is 7.84. The molecule has 0 aromatic heterocycles. The zero-order chi connectivity index (χ0) is 20.1. The van der Waals surface area contributed by atoms with E-state index in [2.05, 4.69) is 41.0 Å². The van der Waals surface area contributed by atoms with Crippen LogP contribution in [0.5, 0.6) is 0 Å². The Morgan fingerprint density at radius 2 is 1.93 bits per heavy atom. The lowest BCUT2D eigenvalue weighted by Crippen LogP contribution is -2.70. The third-order valence-corrected chi connectivity index (χ3v) is 5.76.